The summed E-state index contributed by atoms with van der Waals surface area (Å²) in [4.78, 5) is 0.135. The van der Waals surface area contributed by atoms with Gasteiger partial charge in [0.2, 0.25) is 10.0 Å². The number of benzene rings is 2. The Morgan fingerprint density at radius 1 is 1.14 bits per heavy atom. The molecule has 4 nitrogen and oxygen atoms in total. The summed E-state index contributed by atoms with van der Waals surface area (Å²) in [6.45, 7) is 0.387. The number of para-hydroxylation sites is 1. The molecule has 2 aromatic rings. The van der Waals surface area contributed by atoms with Crippen molar-refractivity contribution >= 4 is 37.6 Å². The smallest absolute Gasteiger partial charge is 0.240 e. The number of hydrogen-bond acceptors (Lipinski definition) is 3. The normalized spacial score (nSPS) is 11.3. The Morgan fingerprint density at radius 3 is 2.62 bits per heavy atom. The molecule has 0 fully saturated rings. The molecule has 0 saturated heterocycles. The number of halogens is 2. The predicted molar refractivity (Wildman–Crippen MR) is 86.3 cm³/mol. The molecule has 0 aliphatic heterocycles. The zero-order valence-electron chi connectivity index (χ0n) is 10.9. The van der Waals surface area contributed by atoms with Crippen LogP contribution >= 0.6 is 27.5 Å². The summed E-state index contributed by atoms with van der Waals surface area (Å²) < 4.78 is 32.8. The number of hydrogen-bond donors (Lipinski definition) is 1. The van der Waals surface area contributed by atoms with E-state index in [9.17, 15) is 8.42 Å². The number of nitrogens with one attached hydrogen (secondary N) is 1. The van der Waals surface area contributed by atoms with Crippen LogP contribution < -0.4 is 9.46 Å². The van der Waals surface area contributed by atoms with Crippen molar-refractivity contribution in [2.45, 2.75) is 4.90 Å². The molecule has 0 aromatic heterocycles. The first kappa shape index (κ1) is 16.3. The largest absolute Gasteiger partial charge is 0.491 e. The average molecular weight is 391 g/mol. The molecule has 1 N–H and O–H groups in total. The maximum absolute atomic E-state index is 12.0. The van der Waals surface area contributed by atoms with Gasteiger partial charge in [0.05, 0.1) is 9.37 Å². The van der Waals surface area contributed by atoms with Crippen LogP contribution in [0.1, 0.15) is 0 Å². The quantitative estimate of drug-likeness (QED) is 0.769. The summed E-state index contributed by atoms with van der Waals surface area (Å²) in [6.07, 6.45) is 0. The Morgan fingerprint density at radius 2 is 1.90 bits per heavy atom. The minimum absolute atomic E-state index is 0.135. The SMILES string of the molecule is O=S(=O)(NCCOc1ccccc1Br)c1cccc(Cl)c1. The third kappa shape index (κ3) is 4.71. The minimum Gasteiger partial charge on any atom is -0.491 e. The van der Waals surface area contributed by atoms with Gasteiger partial charge >= 0.3 is 0 Å². The predicted octanol–water partition coefficient (Wildman–Crippen LogP) is 3.46. The highest BCUT2D eigenvalue weighted by molar-refractivity contribution is 9.10. The Hall–Kier alpha value is -1.08. The van der Waals surface area contributed by atoms with E-state index < -0.39 is 10.0 Å². The molecule has 0 aliphatic rings. The van der Waals surface area contributed by atoms with E-state index in [4.69, 9.17) is 16.3 Å². The topological polar surface area (TPSA) is 55.4 Å². The van der Waals surface area contributed by atoms with E-state index >= 15 is 0 Å². The van der Waals surface area contributed by atoms with Crippen LogP contribution in [0.15, 0.2) is 57.9 Å². The van der Waals surface area contributed by atoms with E-state index in [-0.39, 0.29) is 18.0 Å². The monoisotopic (exact) mass is 389 g/mol. The maximum Gasteiger partial charge on any atom is 0.240 e. The number of ether oxygens (including phenoxy) is 1. The van der Waals surface area contributed by atoms with Gasteiger partial charge in [-0.3, -0.25) is 0 Å². The highest BCUT2D eigenvalue weighted by Crippen LogP contribution is 2.23. The van der Waals surface area contributed by atoms with Gasteiger partial charge in [-0.05, 0) is 46.3 Å². The molecule has 112 valence electrons. The van der Waals surface area contributed by atoms with E-state index in [1.54, 1.807) is 18.2 Å². The molecule has 2 rings (SSSR count). The van der Waals surface area contributed by atoms with Crippen molar-refractivity contribution in [1.82, 2.24) is 4.72 Å². The average Bonchev–Trinajstić information content (AvgIpc) is 2.45. The van der Waals surface area contributed by atoms with Crippen LogP contribution in [0.4, 0.5) is 0 Å². The molecular weight excluding hydrogens is 378 g/mol. The van der Waals surface area contributed by atoms with Crippen LogP contribution in [0.3, 0.4) is 0 Å². The van der Waals surface area contributed by atoms with E-state index in [1.165, 1.54) is 12.1 Å². The van der Waals surface area contributed by atoms with Gasteiger partial charge in [-0.1, -0.05) is 29.8 Å². The summed E-state index contributed by atoms with van der Waals surface area (Å²) in [7, 11) is -3.57. The van der Waals surface area contributed by atoms with E-state index in [0.29, 0.717) is 10.8 Å². The van der Waals surface area contributed by atoms with Gasteiger partial charge < -0.3 is 4.74 Å². The van der Waals surface area contributed by atoms with Gasteiger partial charge in [-0.25, -0.2) is 13.1 Å². The Bertz CT molecular complexity index is 722. The second kappa shape index (κ2) is 7.26. The van der Waals surface area contributed by atoms with Crippen molar-refractivity contribution in [2.24, 2.45) is 0 Å². The molecule has 0 bridgehead atoms. The van der Waals surface area contributed by atoms with Gasteiger partial charge in [0, 0.05) is 11.6 Å². The fourth-order valence-corrected chi connectivity index (χ4v) is 3.33. The molecule has 0 aliphatic carbocycles. The second-order valence-electron chi connectivity index (χ2n) is 4.13. The van der Waals surface area contributed by atoms with Crippen LogP contribution in [0.2, 0.25) is 5.02 Å². The minimum atomic E-state index is -3.57. The highest BCUT2D eigenvalue weighted by atomic mass is 79.9. The lowest BCUT2D eigenvalue weighted by molar-refractivity contribution is 0.321. The zero-order valence-corrected chi connectivity index (χ0v) is 14.1. The van der Waals surface area contributed by atoms with Crippen LogP contribution in [-0.2, 0) is 10.0 Å². The first-order valence-corrected chi connectivity index (χ1v) is 8.77. The van der Waals surface area contributed by atoms with Crippen molar-refractivity contribution < 1.29 is 13.2 Å². The third-order valence-corrected chi connectivity index (χ3v) is 4.94. The summed E-state index contributed by atoms with van der Waals surface area (Å²) in [5.74, 6) is 0.666. The highest BCUT2D eigenvalue weighted by Gasteiger charge is 2.13. The van der Waals surface area contributed by atoms with Crippen molar-refractivity contribution in [3.05, 3.63) is 58.0 Å². The van der Waals surface area contributed by atoms with Crippen LogP contribution in [-0.4, -0.2) is 21.6 Å². The van der Waals surface area contributed by atoms with Gasteiger partial charge in [0.15, 0.2) is 0 Å². The molecule has 0 unspecified atom stereocenters. The van der Waals surface area contributed by atoms with Gasteiger partial charge in [-0.15, -0.1) is 0 Å². The maximum atomic E-state index is 12.0. The lowest BCUT2D eigenvalue weighted by atomic mass is 10.3. The summed E-state index contributed by atoms with van der Waals surface area (Å²) in [5, 5.41) is 0.377. The zero-order chi connectivity index (χ0) is 15.3. The molecule has 0 heterocycles. The third-order valence-electron chi connectivity index (χ3n) is 2.59. The summed E-state index contributed by atoms with van der Waals surface area (Å²) in [5.41, 5.74) is 0. The van der Waals surface area contributed by atoms with Crippen LogP contribution in [0.5, 0.6) is 5.75 Å². The molecule has 21 heavy (non-hydrogen) atoms. The molecule has 0 amide bonds. The number of rotatable bonds is 6. The fraction of sp³-hybridized carbons (Fsp3) is 0.143. The van der Waals surface area contributed by atoms with E-state index in [2.05, 4.69) is 20.7 Å². The Kier molecular flexibility index (Phi) is 5.64. The first-order chi connectivity index (χ1) is 9.99. The van der Waals surface area contributed by atoms with Crippen molar-refractivity contribution in [3.8, 4) is 5.75 Å². The molecule has 0 saturated carbocycles. The van der Waals surface area contributed by atoms with Gasteiger partial charge in [-0.2, -0.15) is 0 Å². The second-order valence-corrected chi connectivity index (χ2v) is 7.19. The molecule has 0 atom stereocenters. The first-order valence-electron chi connectivity index (χ1n) is 6.11. The molecule has 2 aromatic carbocycles. The molecule has 0 spiro atoms. The Labute approximate surface area is 137 Å². The van der Waals surface area contributed by atoms with Crippen molar-refractivity contribution in [1.29, 1.82) is 0 Å². The van der Waals surface area contributed by atoms with Gasteiger partial charge in [0.1, 0.15) is 12.4 Å². The number of sulfonamides is 1. The van der Waals surface area contributed by atoms with Gasteiger partial charge in [0.25, 0.3) is 0 Å². The van der Waals surface area contributed by atoms with Crippen molar-refractivity contribution in [2.75, 3.05) is 13.2 Å². The molecular formula is C14H13BrClNO3S. The van der Waals surface area contributed by atoms with Crippen molar-refractivity contribution in [3.63, 3.8) is 0 Å². The lowest BCUT2D eigenvalue weighted by Gasteiger charge is -2.09. The van der Waals surface area contributed by atoms with E-state index in [1.807, 2.05) is 18.2 Å². The standard InChI is InChI=1S/C14H13BrClNO3S/c15-13-6-1-2-7-14(13)20-9-8-17-21(18,19)12-5-3-4-11(16)10-12/h1-7,10,17H,8-9H2. The van der Waals surface area contributed by atoms with Crippen LogP contribution in [0, 0.1) is 0 Å². The summed E-state index contributed by atoms with van der Waals surface area (Å²) in [6, 6.07) is 13.5. The molecule has 7 heteroatoms. The lowest BCUT2D eigenvalue weighted by Crippen LogP contribution is -2.28. The van der Waals surface area contributed by atoms with E-state index in [0.717, 1.165) is 4.47 Å². The summed E-state index contributed by atoms with van der Waals surface area (Å²) >= 11 is 9.14. The molecule has 0 radical (unpaired) electrons. The van der Waals surface area contributed by atoms with Crippen LogP contribution in [0.25, 0.3) is 0 Å². The fourth-order valence-electron chi connectivity index (χ4n) is 1.62. The Balaban J connectivity index is 1.90.